The number of alkyl halides is 23. The van der Waals surface area contributed by atoms with Crippen LogP contribution in [0.1, 0.15) is 59.3 Å². The van der Waals surface area contributed by atoms with E-state index in [9.17, 15) is 101 Å². The van der Waals surface area contributed by atoms with Crippen molar-refractivity contribution < 1.29 is 101 Å². The Kier molecular flexibility index (Phi) is 14.4. The van der Waals surface area contributed by atoms with Crippen LogP contribution < -0.4 is 0 Å². The molecule has 0 fully saturated rings. The summed E-state index contributed by atoms with van der Waals surface area (Å²) < 4.78 is 317. The molecule has 0 heterocycles. The Hall–Kier alpha value is -1.07. The number of rotatable bonds is 19. The molecule has 0 unspecified atom stereocenters. The first-order valence-electron chi connectivity index (χ1n) is 13.9. The molecular formula is C25H29F23Sn. The van der Waals surface area contributed by atoms with E-state index in [1.807, 2.05) is 0 Å². The van der Waals surface area contributed by atoms with Crippen molar-refractivity contribution in [2.75, 3.05) is 0 Å². The van der Waals surface area contributed by atoms with Crippen LogP contribution in [0.4, 0.5) is 101 Å². The fourth-order valence-electron chi connectivity index (χ4n) is 4.53. The number of halogens is 23. The number of hydrogen-bond acceptors (Lipinski definition) is 0. The first-order chi connectivity index (χ1) is 21.4. The average Bonchev–Trinajstić information content (AvgIpc) is 2.93. The summed E-state index contributed by atoms with van der Waals surface area (Å²) >= 11 is -4.34. The van der Waals surface area contributed by atoms with Crippen LogP contribution in [0.25, 0.3) is 0 Å². The van der Waals surface area contributed by atoms with Gasteiger partial charge in [0.05, 0.1) is 0 Å². The first kappa shape index (κ1) is 47.9. The van der Waals surface area contributed by atoms with Gasteiger partial charge in [0.25, 0.3) is 0 Å². The van der Waals surface area contributed by atoms with Crippen LogP contribution in [0.3, 0.4) is 0 Å². The molecule has 0 aliphatic carbocycles. The molecule has 0 nitrogen and oxygen atoms in total. The van der Waals surface area contributed by atoms with Crippen LogP contribution in [-0.4, -0.2) is 83.8 Å². The van der Waals surface area contributed by atoms with E-state index < -0.39 is 89.9 Å². The predicted octanol–water partition coefficient (Wildman–Crippen LogP) is 12.8. The van der Waals surface area contributed by atoms with Crippen molar-refractivity contribution in [3.05, 3.63) is 10.2 Å². The van der Waals surface area contributed by atoms with Crippen LogP contribution in [-0.2, 0) is 0 Å². The quantitative estimate of drug-likeness (QED) is 0.0896. The van der Waals surface area contributed by atoms with Crippen molar-refractivity contribution in [1.82, 2.24) is 0 Å². The second kappa shape index (κ2) is 14.7. The van der Waals surface area contributed by atoms with Crippen molar-refractivity contribution >= 4 is 18.4 Å². The van der Waals surface area contributed by atoms with Gasteiger partial charge in [-0.05, 0) is 0 Å². The summed E-state index contributed by atoms with van der Waals surface area (Å²) in [6.07, 6.45) is -16.3. The molecule has 0 aliphatic rings. The third kappa shape index (κ3) is 7.70. The molecule has 0 amide bonds. The number of unbranched alkanes of at least 4 members (excludes halogenated alkanes) is 3. The van der Waals surface area contributed by atoms with E-state index in [-0.39, 0.29) is 32.6 Å². The summed E-state index contributed by atoms with van der Waals surface area (Å²) in [6, 6.07) is 0. The van der Waals surface area contributed by atoms with E-state index in [1.165, 1.54) is 0 Å². The van der Waals surface area contributed by atoms with Crippen LogP contribution in [0, 0.1) is 0 Å². The molecule has 0 aromatic carbocycles. The molecule has 24 heteroatoms. The molecule has 0 aromatic heterocycles. The maximum atomic E-state index is 14.6. The number of hydrogen-bond donors (Lipinski definition) is 0. The summed E-state index contributed by atoms with van der Waals surface area (Å²) in [5, 5.41) is 0. The van der Waals surface area contributed by atoms with Crippen LogP contribution in [0.2, 0.25) is 13.3 Å². The molecule has 0 saturated heterocycles. The van der Waals surface area contributed by atoms with Gasteiger partial charge in [0.15, 0.2) is 0 Å². The molecule has 0 atom stereocenters. The van der Waals surface area contributed by atoms with Crippen molar-refractivity contribution in [1.29, 1.82) is 0 Å². The Morgan fingerprint density at radius 3 is 0.857 bits per heavy atom. The molecule has 0 bridgehead atoms. The Morgan fingerprint density at radius 2 is 0.612 bits per heavy atom. The van der Waals surface area contributed by atoms with E-state index in [2.05, 4.69) is 0 Å². The summed E-state index contributed by atoms with van der Waals surface area (Å²) in [6.45, 7) is 4.75. The Morgan fingerprint density at radius 1 is 0.367 bits per heavy atom. The zero-order chi connectivity index (χ0) is 39.8. The molecule has 0 radical (unpaired) electrons. The zero-order valence-electron chi connectivity index (χ0n) is 25.2. The van der Waals surface area contributed by atoms with E-state index in [0.717, 1.165) is 0 Å². The second-order valence-corrected chi connectivity index (χ2v) is 24.3. The normalized spacial score (nSPS) is 16.2. The van der Waals surface area contributed by atoms with E-state index in [1.54, 1.807) is 20.8 Å². The van der Waals surface area contributed by atoms with Gasteiger partial charge in [-0.3, -0.25) is 0 Å². The molecule has 0 saturated carbocycles. The third-order valence-corrected chi connectivity index (χ3v) is 21.8. The van der Waals surface area contributed by atoms with Gasteiger partial charge in [0.1, 0.15) is 0 Å². The Bertz CT molecular complexity index is 1070. The molecule has 294 valence electrons. The van der Waals surface area contributed by atoms with Crippen LogP contribution >= 0.6 is 0 Å². The van der Waals surface area contributed by atoms with Crippen molar-refractivity contribution in [2.24, 2.45) is 0 Å². The second-order valence-electron chi connectivity index (χ2n) is 11.3. The summed E-state index contributed by atoms with van der Waals surface area (Å²) in [4.78, 5) is 0. The molecule has 49 heavy (non-hydrogen) atoms. The van der Waals surface area contributed by atoms with Gasteiger partial charge in [0.2, 0.25) is 0 Å². The molecule has 0 aromatic rings. The van der Waals surface area contributed by atoms with E-state index in [0.29, 0.717) is 23.4 Å². The van der Waals surface area contributed by atoms with Gasteiger partial charge in [-0.25, -0.2) is 0 Å². The topological polar surface area (TPSA) is 0 Å². The van der Waals surface area contributed by atoms with Crippen molar-refractivity contribution in [3.8, 4) is 0 Å². The van der Waals surface area contributed by atoms with Gasteiger partial charge in [0, 0.05) is 0 Å². The van der Waals surface area contributed by atoms with Gasteiger partial charge in [-0.2, -0.15) is 26.3 Å². The fourth-order valence-corrected chi connectivity index (χ4v) is 18.8. The van der Waals surface area contributed by atoms with Crippen LogP contribution in [0.5, 0.6) is 0 Å². The monoisotopic (exact) mass is 886 g/mol. The Labute approximate surface area is 267 Å². The van der Waals surface area contributed by atoms with Gasteiger partial charge >= 0.3 is 241 Å². The van der Waals surface area contributed by atoms with Crippen molar-refractivity contribution in [2.45, 2.75) is 138 Å². The number of allylic oxidation sites excluding steroid dienone is 1. The molecule has 0 rings (SSSR count). The third-order valence-electron chi connectivity index (χ3n) is 7.73. The zero-order valence-corrected chi connectivity index (χ0v) is 28.1. The fraction of sp³-hybridized carbons (Fsp3) is 0.920. The van der Waals surface area contributed by atoms with Crippen LogP contribution in [0.15, 0.2) is 10.2 Å². The van der Waals surface area contributed by atoms with Gasteiger partial charge in [-0.1, -0.05) is 0 Å². The average molecular weight is 885 g/mol. The SMILES string of the molecule is CCC[CH2][Sn](/[CH]=C/C(F)(F)C(F)(F)C(F)(F)C(F)(F)C(F)(F)C(F)(F)C(F)(F)C(F)(F)C(F)(C(F)(F)F)C(F)(F)F)([CH2]CCC)[CH2]CCC. The van der Waals surface area contributed by atoms with Gasteiger partial charge in [-0.15, -0.1) is 0 Å². The van der Waals surface area contributed by atoms with E-state index in [4.69, 9.17) is 0 Å². The molecule has 0 N–H and O–H groups in total. The maximum absolute atomic E-state index is 14.6. The van der Waals surface area contributed by atoms with Gasteiger partial charge < -0.3 is 0 Å². The first-order valence-corrected chi connectivity index (χ1v) is 21.6. The van der Waals surface area contributed by atoms with Crippen molar-refractivity contribution in [3.63, 3.8) is 0 Å². The summed E-state index contributed by atoms with van der Waals surface area (Å²) in [5.41, 5.74) is -9.01. The summed E-state index contributed by atoms with van der Waals surface area (Å²) in [5.74, 6) is -70.2. The molecule has 0 aliphatic heterocycles. The minimum atomic E-state index is -9.45. The standard InChI is InChI=1S/C13H2F23.3C4H9.Sn/c1-2-3(14,15)5(17,18)7(21,22)9(25,26)11(29,30)10(27,28)8(23,24)6(19,20)4(16,12(31,32)33)13(34,35)36;3*1-3-4-2;/h1-2H;3*1,3-4H2,2H3;. The molecule has 0 spiro atoms. The minimum absolute atomic E-state index is 0.0649. The summed E-state index contributed by atoms with van der Waals surface area (Å²) in [7, 11) is 0. The van der Waals surface area contributed by atoms with E-state index >= 15 is 0 Å². The Balaban J connectivity index is 7.39. The predicted molar refractivity (Wildman–Crippen MR) is 130 cm³/mol. The molecular weight excluding hydrogens is 856 g/mol.